The number of hydrogen-bond acceptors (Lipinski definition) is 2. The zero-order chi connectivity index (χ0) is 14.3. The lowest BCUT2D eigenvalue weighted by Gasteiger charge is -2.50. The third kappa shape index (κ3) is 3.25. The van der Waals surface area contributed by atoms with E-state index >= 15 is 0 Å². The highest BCUT2D eigenvalue weighted by molar-refractivity contribution is 5.82. The number of hydrogen-bond donors (Lipinski definition) is 0. The summed E-state index contributed by atoms with van der Waals surface area (Å²) in [5, 5.41) is 0. The predicted molar refractivity (Wildman–Crippen MR) is 76.6 cm³/mol. The Bertz CT molecular complexity index is 311. The molecule has 0 bridgehead atoms. The molecule has 1 aliphatic heterocycles. The number of amides is 1. The van der Waals surface area contributed by atoms with Crippen LogP contribution in [-0.2, 0) is 4.79 Å². The van der Waals surface area contributed by atoms with Gasteiger partial charge >= 0.3 is 0 Å². The molecule has 0 radical (unpaired) electrons. The van der Waals surface area contributed by atoms with Crippen molar-refractivity contribution in [3.8, 4) is 0 Å². The zero-order valence-electron chi connectivity index (χ0n) is 13.4. The molecule has 0 aromatic rings. The van der Waals surface area contributed by atoms with Crippen LogP contribution in [0.1, 0.15) is 55.4 Å². The molecule has 1 aliphatic rings. The Balaban J connectivity index is 2.84. The van der Waals surface area contributed by atoms with Gasteiger partial charge in [0.15, 0.2) is 0 Å². The Hall–Kier alpha value is -0.570. The fourth-order valence-corrected chi connectivity index (χ4v) is 2.78. The summed E-state index contributed by atoms with van der Waals surface area (Å²) in [7, 11) is 0. The zero-order valence-corrected chi connectivity index (χ0v) is 13.4. The maximum atomic E-state index is 12.4. The van der Waals surface area contributed by atoms with Crippen molar-refractivity contribution in [2.45, 2.75) is 73.0 Å². The standard InChI is InChI=1S/C15H30N2O/c1-11-10-17(15(6,7)8)12(2)9-16(11)13(18)14(3,4)5/h11-12H,9-10H2,1-8H3/t11-,12+/m1/s1. The number of carbonyl (C=O) groups excluding carboxylic acids is 1. The molecule has 0 unspecified atom stereocenters. The van der Waals surface area contributed by atoms with Crippen LogP contribution in [0.25, 0.3) is 0 Å². The highest BCUT2D eigenvalue weighted by Gasteiger charge is 2.39. The van der Waals surface area contributed by atoms with Crippen molar-refractivity contribution in [3.63, 3.8) is 0 Å². The molecule has 0 aromatic heterocycles. The van der Waals surface area contributed by atoms with Gasteiger partial charge < -0.3 is 4.90 Å². The first-order valence-electron chi connectivity index (χ1n) is 7.02. The van der Waals surface area contributed by atoms with Crippen LogP contribution in [0, 0.1) is 5.41 Å². The van der Waals surface area contributed by atoms with E-state index < -0.39 is 0 Å². The van der Waals surface area contributed by atoms with E-state index in [0.717, 1.165) is 13.1 Å². The van der Waals surface area contributed by atoms with Crippen LogP contribution in [0.2, 0.25) is 0 Å². The molecule has 1 fully saturated rings. The molecule has 3 nitrogen and oxygen atoms in total. The lowest BCUT2D eigenvalue weighted by molar-refractivity contribution is -0.147. The molecule has 1 saturated heterocycles. The van der Waals surface area contributed by atoms with E-state index in [4.69, 9.17) is 0 Å². The van der Waals surface area contributed by atoms with Crippen LogP contribution < -0.4 is 0 Å². The van der Waals surface area contributed by atoms with Gasteiger partial charge in [0, 0.05) is 36.1 Å². The van der Waals surface area contributed by atoms with Crippen molar-refractivity contribution >= 4 is 5.91 Å². The molecule has 2 atom stereocenters. The predicted octanol–water partition coefficient (Wildman–Crippen LogP) is 2.75. The molecule has 1 heterocycles. The first-order valence-corrected chi connectivity index (χ1v) is 7.02. The van der Waals surface area contributed by atoms with Crippen LogP contribution in [-0.4, -0.2) is 46.4 Å². The fraction of sp³-hybridized carbons (Fsp3) is 0.933. The summed E-state index contributed by atoms with van der Waals surface area (Å²) in [6.45, 7) is 18.9. The maximum Gasteiger partial charge on any atom is 0.228 e. The Kier molecular flexibility index (Phi) is 4.16. The van der Waals surface area contributed by atoms with E-state index in [-0.39, 0.29) is 16.9 Å². The van der Waals surface area contributed by atoms with Crippen molar-refractivity contribution in [3.05, 3.63) is 0 Å². The van der Waals surface area contributed by atoms with Crippen molar-refractivity contribution in [1.82, 2.24) is 9.80 Å². The van der Waals surface area contributed by atoms with Crippen molar-refractivity contribution in [2.24, 2.45) is 5.41 Å². The smallest absolute Gasteiger partial charge is 0.228 e. The lowest BCUT2D eigenvalue weighted by atomic mass is 9.91. The highest BCUT2D eigenvalue weighted by atomic mass is 16.2. The minimum absolute atomic E-state index is 0.171. The molecule has 0 N–H and O–H groups in total. The van der Waals surface area contributed by atoms with Crippen LogP contribution in [0.15, 0.2) is 0 Å². The average molecular weight is 254 g/mol. The van der Waals surface area contributed by atoms with E-state index in [0.29, 0.717) is 12.1 Å². The Labute approximate surface area is 113 Å². The van der Waals surface area contributed by atoms with Crippen LogP contribution >= 0.6 is 0 Å². The lowest BCUT2D eigenvalue weighted by Crippen LogP contribution is -2.63. The molecular formula is C15H30N2O. The van der Waals surface area contributed by atoms with E-state index in [1.54, 1.807) is 0 Å². The normalized spacial score (nSPS) is 27.4. The molecule has 106 valence electrons. The summed E-state index contributed by atoms with van der Waals surface area (Å²) >= 11 is 0. The van der Waals surface area contributed by atoms with E-state index in [2.05, 4.69) is 44.4 Å². The molecule has 1 rings (SSSR count). The number of carbonyl (C=O) groups is 1. The summed E-state index contributed by atoms with van der Waals surface area (Å²) in [4.78, 5) is 17.0. The first kappa shape index (κ1) is 15.5. The van der Waals surface area contributed by atoms with Crippen molar-refractivity contribution < 1.29 is 4.79 Å². The minimum atomic E-state index is -0.280. The summed E-state index contributed by atoms with van der Waals surface area (Å²) in [5.74, 6) is 0.274. The molecule has 0 saturated carbocycles. The van der Waals surface area contributed by atoms with E-state index in [9.17, 15) is 4.79 Å². The Morgan fingerprint density at radius 2 is 1.44 bits per heavy atom. The van der Waals surface area contributed by atoms with Gasteiger partial charge in [0.2, 0.25) is 5.91 Å². The number of piperazine rings is 1. The Morgan fingerprint density at radius 1 is 0.944 bits per heavy atom. The molecule has 3 heteroatoms. The maximum absolute atomic E-state index is 12.4. The summed E-state index contributed by atoms with van der Waals surface area (Å²) < 4.78 is 0. The molecule has 0 aromatic carbocycles. The average Bonchev–Trinajstić information content (AvgIpc) is 2.16. The second-order valence-corrected chi connectivity index (χ2v) is 7.73. The summed E-state index contributed by atoms with van der Waals surface area (Å²) in [5.41, 5.74) is -0.109. The van der Waals surface area contributed by atoms with Gasteiger partial charge in [-0.3, -0.25) is 9.69 Å². The first-order chi connectivity index (χ1) is 7.94. The molecule has 18 heavy (non-hydrogen) atoms. The molecule has 0 spiro atoms. The van der Waals surface area contributed by atoms with Gasteiger partial charge in [-0.1, -0.05) is 20.8 Å². The summed E-state index contributed by atoms with van der Waals surface area (Å²) in [6.07, 6.45) is 0. The van der Waals surface area contributed by atoms with Gasteiger partial charge in [0.25, 0.3) is 0 Å². The number of rotatable bonds is 0. The molecular weight excluding hydrogens is 224 g/mol. The van der Waals surface area contributed by atoms with Gasteiger partial charge in [0.1, 0.15) is 0 Å². The van der Waals surface area contributed by atoms with Gasteiger partial charge in [0.05, 0.1) is 0 Å². The fourth-order valence-electron chi connectivity index (χ4n) is 2.78. The van der Waals surface area contributed by atoms with E-state index in [1.165, 1.54) is 0 Å². The van der Waals surface area contributed by atoms with Crippen LogP contribution in [0.4, 0.5) is 0 Å². The van der Waals surface area contributed by atoms with Gasteiger partial charge in [-0.2, -0.15) is 0 Å². The van der Waals surface area contributed by atoms with Crippen molar-refractivity contribution in [1.29, 1.82) is 0 Å². The minimum Gasteiger partial charge on any atom is -0.337 e. The third-order valence-corrected chi connectivity index (χ3v) is 3.75. The quantitative estimate of drug-likeness (QED) is 0.663. The second-order valence-electron chi connectivity index (χ2n) is 7.73. The number of nitrogens with zero attached hydrogens (tertiary/aromatic N) is 2. The van der Waals surface area contributed by atoms with Crippen LogP contribution in [0.3, 0.4) is 0 Å². The van der Waals surface area contributed by atoms with Gasteiger partial charge in [-0.15, -0.1) is 0 Å². The summed E-state index contributed by atoms with van der Waals surface area (Å²) in [6, 6.07) is 0.722. The van der Waals surface area contributed by atoms with Crippen LogP contribution in [0.5, 0.6) is 0 Å². The molecule has 1 amide bonds. The van der Waals surface area contributed by atoms with Gasteiger partial charge in [-0.25, -0.2) is 0 Å². The third-order valence-electron chi connectivity index (χ3n) is 3.75. The second kappa shape index (κ2) is 4.84. The highest BCUT2D eigenvalue weighted by Crippen LogP contribution is 2.27. The SMILES string of the molecule is C[C@@H]1CN(C(C)(C)C)[C@@H](C)CN1C(=O)C(C)(C)C. The monoisotopic (exact) mass is 254 g/mol. The van der Waals surface area contributed by atoms with Gasteiger partial charge in [-0.05, 0) is 34.6 Å². The molecule has 0 aliphatic carbocycles. The Morgan fingerprint density at radius 3 is 1.83 bits per heavy atom. The largest absolute Gasteiger partial charge is 0.337 e. The van der Waals surface area contributed by atoms with E-state index in [1.807, 2.05) is 20.8 Å². The topological polar surface area (TPSA) is 23.6 Å². The van der Waals surface area contributed by atoms with Crippen molar-refractivity contribution in [2.75, 3.05) is 13.1 Å².